The molecule has 0 fully saturated rings. The highest BCUT2D eigenvalue weighted by Crippen LogP contribution is 2.16. The fourth-order valence-electron chi connectivity index (χ4n) is 1.66. The smallest absolute Gasteiger partial charge is 0.221 e. The number of carbonyl (C=O) groups excluding carboxylic acids is 1. The molecule has 0 unspecified atom stereocenters. The van der Waals surface area contributed by atoms with Crippen molar-refractivity contribution < 1.29 is 4.79 Å². The van der Waals surface area contributed by atoms with Crippen LogP contribution in [0.3, 0.4) is 0 Å². The van der Waals surface area contributed by atoms with E-state index in [1.165, 1.54) is 6.92 Å². The van der Waals surface area contributed by atoms with Gasteiger partial charge in [-0.2, -0.15) is 5.10 Å². The standard InChI is InChI=1S/C13H16N4O/c1-9-11(8-15-17-9)7-14-12-4-3-5-13(6-12)16-10(2)18/h3-6,8,14H,7H2,1-2H3,(H,15,17)(H,16,18). The van der Waals surface area contributed by atoms with Crippen molar-refractivity contribution in [3.63, 3.8) is 0 Å². The number of anilines is 2. The minimum Gasteiger partial charge on any atom is -0.381 e. The average molecular weight is 244 g/mol. The van der Waals surface area contributed by atoms with Crippen LogP contribution in [-0.4, -0.2) is 16.1 Å². The summed E-state index contributed by atoms with van der Waals surface area (Å²) in [6, 6.07) is 7.61. The maximum Gasteiger partial charge on any atom is 0.221 e. The van der Waals surface area contributed by atoms with Crippen LogP contribution < -0.4 is 10.6 Å². The molecule has 1 amide bonds. The Labute approximate surface area is 106 Å². The van der Waals surface area contributed by atoms with Gasteiger partial charge in [-0.3, -0.25) is 9.89 Å². The summed E-state index contributed by atoms with van der Waals surface area (Å²) >= 11 is 0. The Balaban J connectivity index is 2.01. The lowest BCUT2D eigenvalue weighted by Gasteiger charge is -2.08. The second-order valence-electron chi connectivity index (χ2n) is 4.14. The van der Waals surface area contributed by atoms with Crippen molar-refractivity contribution in [3.05, 3.63) is 41.7 Å². The molecule has 0 saturated heterocycles. The van der Waals surface area contributed by atoms with Crippen LogP contribution in [0.4, 0.5) is 11.4 Å². The summed E-state index contributed by atoms with van der Waals surface area (Å²) in [5, 5.41) is 12.9. The first-order chi connectivity index (χ1) is 8.65. The van der Waals surface area contributed by atoms with Gasteiger partial charge in [0.05, 0.1) is 6.20 Å². The van der Waals surface area contributed by atoms with Crippen molar-refractivity contribution >= 4 is 17.3 Å². The Kier molecular flexibility index (Phi) is 3.62. The molecule has 0 atom stereocenters. The summed E-state index contributed by atoms with van der Waals surface area (Å²) in [4.78, 5) is 11.0. The number of benzene rings is 1. The lowest BCUT2D eigenvalue weighted by molar-refractivity contribution is -0.114. The number of carbonyl (C=O) groups is 1. The summed E-state index contributed by atoms with van der Waals surface area (Å²) < 4.78 is 0. The Morgan fingerprint density at radius 1 is 1.39 bits per heavy atom. The van der Waals surface area contributed by atoms with E-state index in [9.17, 15) is 4.79 Å². The molecule has 3 N–H and O–H groups in total. The summed E-state index contributed by atoms with van der Waals surface area (Å²) in [6.07, 6.45) is 1.81. The molecule has 0 aliphatic heterocycles. The zero-order chi connectivity index (χ0) is 13.0. The van der Waals surface area contributed by atoms with E-state index in [0.29, 0.717) is 6.54 Å². The van der Waals surface area contributed by atoms with E-state index >= 15 is 0 Å². The number of nitrogens with zero attached hydrogens (tertiary/aromatic N) is 1. The summed E-state index contributed by atoms with van der Waals surface area (Å²) in [7, 11) is 0. The molecule has 5 nitrogen and oxygen atoms in total. The maximum atomic E-state index is 11.0. The third-order valence-electron chi connectivity index (χ3n) is 2.60. The van der Waals surface area contributed by atoms with Gasteiger partial charge in [-0.25, -0.2) is 0 Å². The molecule has 2 rings (SSSR count). The van der Waals surface area contributed by atoms with Crippen molar-refractivity contribution in [2.24, 2.45) is 0 Å². The topological polar surface area (TPSA) is 69.8 Å². The van der Waals surface area contributed by atoms with Crippen molar-refractivity contribution in [2.75, 3.05) is 10.6 Å². The number of rotatable bonds is 4. The number of aromatic nitrogens is 2. The second kappa shape index (κ2) is 5.35. The van der Waals surface area contributed by atoms with Crippen LogP contribution in [0.15, 0.2) is 30.5 Å². The van der Waals surface area contributed by atoms with E-state index in [1.54, 1.807) is 6.20 Å². The monoisotopic (exact) mass is 244 g/mol. The van der Waals surface area contributed by atoms with Gasteiger partial charge in [0.1, 0.15) is 0 Å². The normalized spacial score (nSPS) is 10.1. The van der Waals surface area contributed by atoms with Crippen LogP contribution in [0.2, 0.25) is 0 Å². The van der Waals surface area contributed by atoms with Crippen LogP contribution in [0.5, 0.6) is 0 Å². The molecule has 1 aromatic heterocycles. The van der Waals surface area contributed by atoms with Crippen molar-refractivity contribution in [2.45, 2.75) is 20.4 Å². The first kappa shape index (κ1) is 12.2. The molecule has 94 valence electrons. The van der Waals surface area contributed by atoms with Crippen LogP contribution in [0.25, 0.3) is 0 Å². The first-order valence-corrected chi connectivity index (χ1v) is 5.75. The minimum absolute atomic E-state index is 0.0715. The van der Waals surface area contributed by atoms with Gasteiger partial charge in [-0.1, -0.05) is 6.07 Å². The molecule has 5 heteroatoms. The van der Waals surface area contributed by atoms with E-state index in [1.807, 2.05) is 31.2 Å². The molecular formula is C13H16N4O. The van der Waals surface area contributed by atoms with E-state index in [0.717, 1.165) is 22.6 Å². The molecular weight excluding hydrogens is 228 g/mol. The molecule has 0 bridgehead atoms. The second-order valence-corrected chi connectivity index (χ2v) is 4.14. The van der Waals surface area contributed by atoms with Crippen LogP contribution >= 0.6 is 0 Å². The summed E-state index contributed by atoms with van der Waals surface area (Å²) in [5.74, 6) is -0.0715. The van der Waals surface area contributed by atoms with Crippen molar-refractivity contribution in [3.8, 4) is 0 Å². The van der Waals surface area contributed by atoms with Gasteiger partial charge >= 0.3 is 0 Å². The Morgan fingerprint density at radius 2 is 2.17 bits per heavy atom. The molecule has 0 aliphatic carbocycles. The number of aryl methyl sites for hydroxylation is 1. The van der Waals surface area contributed by atoms with Crippen molar-refractivity contribution in [1.29, 1.82) is 0 Å². The van der Waals surface area contributed by atoms with E-state index in [4.69, 9.17) is 0 Å². The SMILES string of the molecule is CC(=O)Nc1cccc(NCc2cn[nH]c2C)c1. The largest absolute Gasteiger partial charge is 0.381 e. The minimum atomic E-state index is -0.0715. The Bertz CT molecular complexity index is 547. The van der Waals surface area contributed by atoms with Gasteiger partial charge in [-0.05, 0) is 25.1 Å². The molecule has 1 aromatic carbocycles. The predicted octanol–water partition coefficient (Wildman–Crippen LogP) is 2.29. The van der Waals surface area contributed by atoms with Gasteiger partial charge in [0.25, 0.3) is 0 Å². The van der Waals surface area contributed by atoms with Crippen LogP contribution in [0, 0.1) is 6.92 Å². The van der Waals surface area contributed by atoms with E-state index in [2.05, 4.69) is 20.8 Å². The quantitative estimate of drug-likeness (QED) is 0.772. The number of hydrogen-bond donors (Lipinski definition) is 3. The number of nitrogens with one attached hydrogen (secondary N) is 3. The zero-order valence-corrected chi connectivity index (χ0v) is 10.4. The van der Waals surface area contributed by atoms with Crippen molar-refractivity contribution in [1.82, 2.24) is 10.2 Å². The Hall–Kier alpha value is -2.30. The zero-order valence-electron chi connectivity index (χ0n) is 10.4. The number of aromatic amines is 1. The van der Waals surface area contributed by atoms with Gasteiger partial charge < -0.3 is 10.6 Å². The lowest BCUT2D eigenvalue weighted by Crippen LogP contribution is -2.06. The van der Waals surface area contributed by atoms with Gasteiger partial charge in [0.15, 0.2) is 0 Å². The molecule has 2 aromatic rings. The van der Waals surface area contributed by atoms with Gasteiger partial charge in [-0.15, -0.1) is 0 Å². The molecule has 0 spiro atoms. The molecule has 1 heterocycles. The van der Waals surface area contributed by atoms with Crippen LogP contribution in [-0.2, 0) is 11.3 Å². The molecule has 0 aliphatic rings. The van der Waals surface area contributed by atoms with Crippen LogP contribution in [0.1, 0.15) is 18.2 Å². The summed E-state index contributed by atoms with van der Waals surface area (Å²) in [6.45, 7) is 4.18. The number of hydrogen-bond acceptors (Lipinski definition) is 3. The van der Waals surface area contributed by atoms with Gasteiger partial charge in [0.2, 0.25) is 5.91 Å². The highest BCUT2D eigenvalue weighted by atomic mass is 16.1. The maximum absolute atomic E-state index is 11.0. The van der Waals surface area contributed by atoms with E-state index < -0.39 is 0 Å². The number of amides is 1. The van der Waals surface area contributed by atoms with E-state index in [-0.39, 0.29) is 5.91 Å². The lowest BCUT2D eigenvalue weighted by atomic mass is 10.2. The third kappa shape index (κ3) is 3.10. The molecule has 0 saturated carbocycles. The first-order valence-electron chi connectivity index (χ1n) is 5.75. The summed E-state index contributed by atoms with van der Waals surface area (Å²) in [5.41, 5.74) is 3.93. The molecule has 0 radical (unpaired) electrons. The molecule has 18 heavy (non-hydrogen) atoms. The predicted molar refractivity (Wildman–Crippen MR) is 71.4 cm³/mol. The Morgan fingerprint density at radius 3 is 2.83 bits per heavy atom. The fourth-order valence-corrected chi connectivity index (χ4v) is 1.66. The highest BCUT2D eigenvalue weighted by Gasteiger charge is 2.01. The fraction of sp³-hybridized carbons (Fsp3) is 0.231. The number of H-pyrrole nitrogens is 1. The average Bonchev–Trinajstić information content (AvgIpc) is 2.72. The highest BCUT2D eigenvalue weighted by molar-refractivity contribution is 5.89. The third-order valence-corrected chi connectivity index (χ3v) is 2.60. The van der Waals surface area contributed by atoms with Gasteiger partial charge in [0, 0.05) is 36.1 Å².